The first kappa shape index (κ1) is 21.2. The summed E-state index contributed by atoms with van der Waals surface area (Å²) in [5, 5.41) is 19.3. The monoisotopic (exact) mass is 304 g/mol. The van der Waals surface area contributed by atoms with Crippen molar-refractivity contribution >= 4 is 22.4 Å². The van der Waals surface area contributed by atoms with Crippen molar-refractivity contribution in [3.63, 3.8) is 0 Å². The zero-order valence-corrected chi connectivity index (χ0v) is 15.0. The fourth-order valence-corrected chi connectivity index (χ4v) is 1.33. The Labute approximate surface area is 153 Å². The van der Waals surface area contributed by atoms with E-state index in [1.54, 1.807) is 0 Å². The van der Waals surface area contributed by atoms with Crippen LogP contribution < -0.4 is 68.4 Å². The van der Waals surface area contributed by atoms with Crippen LogP contribution in [-0.2, 0) is 15.2 Å². The third-order valence-corrected chi connectivity index (χ3v) is 1.97. The number of carboxylic acids is 1. The maximum absolute atomic E-state index is 10.3. The van der Waals surface area contributed by atoms with Crippen LogP contribution in [0.3, 0.4) is 0 Å². The quantitative estimate of drug-likeness (QED) is 0.253. The van der Waals surface area contributed by atoms with Crippen molar-refractivity contribution in [2.45, 2.75) is 0 Å². The van der Waals surface area contributed by atoms with Crippen molar-refractivity contribution in [1.29, 1.82) is 0 Å². The first-order chi connectivity index (χ1) is 7.78. The Hall–Kier alpha value is -0.0600. The molecule has 7 nitrogen and oxygen atoms in total. The number of carbonyl (C=O) groups excluding carboxylic acids is 1. The normalized spacial score (nSPS) is 10.4. The molecule has 1 rings (SSSR count). The van der Waals surface area contributed by atoms with Gasteiger partial charge in [0.25, 0.3) is 10.4 Å². The first-order valence-electron chi connectivity index (χ1n) is 4.15. The van der Waals surface area contributed by atoms with Gasteiger partial charge in [0.2, 0.25) is 0 Å². The second-order valence-corrected chi connectivity index (χ2v) is 3.85. The van der Waals surface area contributed by atoms with E-state index < -0.39 is 27.9 Å². The van der Waals surface area contributed by atoms with Gasteiger partial charge in [-0.1, -0.05) is 12.1 Å². The zero-order chi connectivity index (χ0) is 13.1. The van der Waals surface area contributed by atoms with Crippen LogP contribution in [0.5, 0.6) is 11.5 Å². The molecule has 0 saturated heterocycles. The van der Waals surface area contributed by atoms with Gasteiger partial charge in [0.15, 0.2) is 11.5 Å². The molecule has 0 aliphatic carbocycles. The minimum absolute atomic E-state index is 0. The van der Waals surface area contributed by atoms with Crippen LogP contribution in [0.25, 0.3) is 6.08 Å². The number of aliphatic carboxylic acids is 1. The number of carboxylic acid groups (broad SMARTS) is 1. The number of phenolic OH excluding ortho intramolecular Hbond substituents is 1. The first-order valence-corrected chi connectivity index (χ1v) is 5.48. The van der Waals surface area contributed by atoms with Crippen molar-refractivity contribution in [2.75, 3.05) is 0 Å². The number of rotatable bonds is 4. The maximum Gasteiger partial charge on any atom is 1.00 e. The van der Waals surface area contributed by atoms with Crippen LogP contribution in [0.2, 0.25) is 0 Å². The zero-order valence-electron chi connectivity index (χ0n) is 10.2. The molecule has 0 heterocycles. The van der Waals surface area contributed by atoms with Crippen LogP contribution in [0.1, 0.15) is 5.56 Å². The number of hydrogen-bond acceptors (Lipinski definition) is 7. The molecule has 0 saturated carbocycles. The summed E-state index contributed by atoms with van der Waals surface area (Å²) in [6, 6.07) is 3.33. The second kappa shape index (κ2) is 8.98. The molecule has 19 heavy (non-hydrogen) atoms. The van der Waals surface area contributed by atoms with Crippen LogP contribution in [-0.4, -0.2) is 24.0 Å². The van der Waals surface area contributed by atoms with E-state index in [2.05, 4.69) is 4.18 Å². The Kier molecular flexibility index (Phi) is 10.0. The van der Waals surface area contributed by atoms with E-state index in [0.717, 1.165) is 18.2 Å². The molecule has 0 atom stereocenters. The van der Waals surface area contributed by atoms with Gasteiger partial charge in [0.1, 0.15) is 0 Å². The molecule has 0 spiro atoms. The van der Waals surface area contributed by atoms with Crippen LogP contribution in [0, 0.1) is 0 Å². The van der Waals surface area contributed by atoms with E-state index in [9.17, 15) is 28.0 Å². The van der Waals surface area contributed by atoms with Crippen molar-refractivity contribution < 1.29 is 91.3 Å². The Morgan fingerprint density at radius 1 is 1.32 bits per heavy atom. The molecule has 10 heteroatoms. The van der Waals surface area contributed by atoms with Crippen molar-refractivity contribution in [1.82, 2.24) is 0 Å². The summed E-state index contributed by atoms with van der Waals surface area (Å²) in [6.45, 7) is 0. The summed E-state index contributed by atoms with van der Waals surface area (Å²) in [5.41, 5.74) is 0.214. The van der Waals surface area contributed by atoms with Gasteiger partial charge < -0.3 is 23.7 Å². The van der Waals surface area contributed by atoms with E-state index in [1.165, 1.54) is 6.07 Å². The van der Waals surface area contributed by atoms with Gasteiger partial charge in [-0.2, -0.15) is 0 Å². The molecule has 92 valence electrons. The van der Waals surface area contributed by atoms with Gasteiger partial charge in [-0.3, -0.25) is 0 Å². The topological polar surface area (TPSA) is 127 Å². The minimum Gasteiger partial charge on any atom is -0.716 e. The molecule has 0 unspecified atom stereocenters. The molecular weight excluding hydrogens is 298 g/mol. The summed E-state index contributed by atoms with van der Waals surface area (Å²) in [6.07, 6.45) is 1.78. The van der Waals surface area contributed by atoms with E-state index in [0.29, 0.717) is 6.08 Å². The number of benzene rings is 1. The van der Waals surface area contributed by atoms with Gasteiger partial charge in [-0.15, -0.1) is 0 Å². The summed E-state index contributed by atoms with van der Waals surface area (Å²) in [5.74, 6) is -2.59. The fraction of sp³-hybridized carbons (Fsp3) is 0. The van der Waals surface area contributed by atoms with Crippen LogP contribution >= 0.6 is 0 Å². The van der Waals surface area contributed by atoms with E-state index in [4.69, 9.17) is 0 Å². The van der Waals surface area contributed by atoms with Gasteiger partial charge in [0, 0.05) is 0 Å². The summed E-state index contributed by atoms with van der Waals surface area (Å²) >= 11 is 0. The average Bonchev–Trinajstić information content (AvgIpc) is 2.17. The maximum atomic E-state index is 10.3. The van der Waals surface area contributed by atoms with Crippen LogP contribution in [0.15, 0.2) is 24.3 Å². The van der Waals surface area contributed by atoms with Crippen molar-refractivity contribution in [3.05, 3.63) is 29.8 Å². The largest absolute Gasteiger partial charge is 1.00 e. The molecule has 0 bridgehead atoms. The Balaban J connectivity index is 0. The molecule has 0 aromatic heterocycles. The summed E-state index contributed by atoms with van der Waals surface area (Å²) < 4.78 is 34.9. The molecule has 0 aliphatic rings. The van der Waals surface area contributed by atoms with Gasteiger partial charge in [-0.25, -0.2) is 8.42 Å². The number of hydrogen-bond donors (Lipinski definition) is 1. The molecule has 1 aromatic rings. The minimum atomic E-state index is -5.01. The molecular formula is C9H6Na2O7S. The molecule has 0 radical (unpaired) electrons. The van der Waals surface area contributed by atoms with Gasteiger partial charge in [-0.05, 0) is 23.8 Å². The second-order valence-electron chi connectivity index (χ2n) is 2.87. The van der Waals surface area contributed by atoms with Gasteiger partial charge >= 0.3 is 59.1 Å². The molecule has 0 amide bonds. The Morgan fingerprint density at radius 2 is 1.89 bits per heavy atom. The van der Waals surface area contributed by atoms with E-state index in [-0.39, 0.29) is 64.7 Å². The van der Waals surface area contributed by atoms with E-state index >= 15 is 0 Å². The van der Waals surface area contributed by atoms with Crippen molar-refractivity contribution in [3.8, 4) is 11.5 Å². The smallest absolute Gasteiger partial charge is 0.716 e. The molecule has 1 aromatic carbocycles. The number of phenols is 1. The molecule has 0 aliphatic heterocycles. The Bertz CT molecular complexity index is 568. The number of aromatic hydroxyl groups is 1. The molecule has 0 fully saturated rings. The fourth-order valence-electron chi connectivity index (χ4n) is 0.975. The van der Waals surface area contributed by atoms with Crippen molar-refractivity contribution in [2.24, 2.45) is 0 Å². The SMILES string of the molecule is O=C([O-])/C=C/c1ccc(O)c(OS(=O)(=O)[O-])c1.[Na+].[Na+]. The summed E-state index contributed by atoms with van der Waals surface area (Å²) in [7, 11) is -5.01. The Morgan fingerprint density at radius 3 is 2.37 bits per heavy atom. The number of carbonyl (C=O) groups is 1. The van der Waals surface area contributed by atoms with Crippen LogP contribution in [0.4, 0.5) is 0 Å². The summed E-state index contributed by atoms with van der Waals surface area (Å²) in [4.78, 5) is 10.1. The third kappa shape index (κ3) is 8.66. The predicted octanol–water partition coefficient (Wildman–Crippen LogP) is -7.00. The average molecular weight is 304 g/mol. The van der Waals surface area contributed by atoms with E-state index in [1.807, 2.05) is 0 Å². The molecule has 1 N–H and O–H groups in total. The van der Waals surface area contributed by atoms with Gasteiger partial charge in [0.05, 0.1) is 5.97 Å². The standard InChI is InChI=1S/C9H8O7S.2Na/c10-7-3-1-6(2-4-9(11)12)5-8(7)16-17(13,14)15;;/h1-5,10H,(H,11,12)(H,13,14,15);;/q;2*+1/p-2/b4-2+;;. The predicted molar refractivity (Wildman–Crippen MR) is 52.5 cm³/mol. The third-order valence-electron chi connectivity index (χ3n) is 1.59.